The van der Waals surface area contributed by atoms with Crippen molar-refractivity contribution in [2.45, 2.75) is 6.92 Å². The van der Waals surface area contributed by atoms with Crippen LogP contribution in [-0.2, 0) is 0 Å². The Bertz CT molecular complexity index is 1290. The fraction of sp³-hybridized carbons (Fsp3) is 0.0455. The zero-order valence-corrected chi connectivity index (χ0v) is 16.5. The van der Waals surface area contributed by atoms with Gasteiger partial charge >= 0.3 is 5.69 Å². The van der Waals surface area contributed by atoms with Gasteiger partial charge in [-0.1, -0.05) is 54.6 Å². The molecule has 0 atom stereocenters. The van der Waals surface area contributed by atoms with Crippen molar-refractivity contribution in [3.63, 3.8) is 0 Å². The summed E-state index contributed by atoms with van der Waals surface area (Å²) in [5.74, 6) is -0.566. The molecule has 3 N–H and O–H groups in total. The van der Waals surface area contributed by atoms with Gasteiger partial charge in [0.05, 0.1) is 4.92 Å². The number of carbonyl (C=O) groups excluding carboxylic acids is 1. The first-order valence-electron chi connectivity index (χ1n) is 9.41. The lowest BCUT2D eigenvalue weighted by Gasteiger charge is -2.12. The summed E-state index contributed by atoms with van der Waals surface area (Å²) in [6.45, 7) is 1.80. The van der Waals surface area contributed by atoms with Gasteiger partial charge < -0.3 is 5.32 Å². The third-order valence-electron chi connectivity index (χ3n) is 4.73. The highest BCUT2D eigenvalue weighted by Crippen LogP contribution is 2.33. The third-order valence-corrected chi connectivity index (χ3v) is 4.73. The minimum Gasteiger partial charge on any atom is -0.334 e. The molecule has 0 aliphatic heterocycles. The van der Waals surface area contributed by atoms with Gasteiger partial charge in [-0.3, -0.25) is 25.8 Å². The zero-order valence-electron chi connectivity index (χ0n) is 16.5. The molecule has 9 heteroatoms. The second kappa shape index (κ2) is 8.46. The van der Waals surface area contributed by atoms with Crippen molar-refractivity contribution >= 4 is 39.7 Å². The highest BCUT2D eigenvalue weighted by molar-refractivity contribution is 5.97. The van der Waals surface area contributed by atoms with Crippen LogP contribution in [0.5, 0.6) is 0 Å². The lowest BCUT2D eigenvalue weighted by atomic mass is 10.1. The maximum absolute atomic E-state index is 12.4. The number of rotatable bonds is 6. The Morgan fingerprint density at radius 3 is 2.45 bits per heavy atom. The lowest BCUT2D eigenvalue weighted by molar-refractivity contribution is -0.383. The van der Waals surface area contributed by atoms with Crippen LogP contribution in [0, 0.1) is 17.0 Å². The van der Waals surface area contributed by atoms with Gasteiger partial charge in [0, 0.05) is 16.6 Å². The number of nitro groups is 1. The number of hydrazine groups is 1. The van der Waals surface area contributed by atoms with Crippen LogP contribution >= 0.6 is 0 Å². The maximum atomic E-state index is 12.4. The predicted molar refractivity (Wildman–Crippen MR) is 118 cm³/mol. The molecule has 1 aromatic heterocycles. The molecule has 9 nitrogen and oxygen atoms in total. The first-order chi connectivity index (χ1) is 15.0. The fourth-order valence-corrected chi connectivity index (χ4v) is 3.21. The third kappa shape index (κ3) is 4.10. The van der Waals surface area contributed by atoms with E-state index in [1.807, 2.05) is 42.5 Å². The molecule has 0 aliphatic carbocycles. The number of aryl methyl sites for hydroxylation is 1. The van der Waals surface area contributed by atoms with E-state index in [1.54, 1.807) is 31.2 Å². The number of fused-ring (bicyclic) bond motifs is 1. The van der Waals surface area contributed by atoms with Crippen molar-refractivity contribution in [3.05, 3.63) is 94.3 Å². The molecule has 1 heterocycles. The van der Waals surface area contributed by atoms with Gasteiger partial charge in [-0.05, 0) is 30.0 Å². The number of nitrogens with zero attached hydrogens (tertiary/aromatic N) is 3. The fourth-order valence-electron chi connectivity index (χ4n) is 3.21. The van der Waals surface area contributed by atoms with E-state index in [0.717, 1.165) is 16.3 Å². The van der Waals surface area contributed by atoms with Crippen molar-refractivity contribution < 1.29 is 9.72 Å². The summed E-state index contributed by atoms with van der Waals surface area (Å²) < 4.78 is 0. The molecule has 0 aliphatic rings. The maximum Gasteiger partial charge on any atom is 0.355 e. The molecule has 0 fully saturated rings. The number of nitrogens with one attached hydrogen (secondary N) is 3. The van der Waals surface area contributed by atoms with Crippen LogP contribution in [0.3, 0.4) is 0 Å². The van der Waals surface area contributed by atoms with Crippen LogP contribution in [0.4, 0.5) is 23.0 Å². The number of amides is 1. The Kier molecular flexibility index (Phi) is 5.39. The Balaban J connectivity index is 1.63. The Labute approximate surface area is 177 Å². The van der Waals surface area contributed by atoms with E-state index in [4.69, 9.17) is 0 Å². The normalized spacial score (nSPS) is 10.5. The number of carbonyl (C=O) groups is 1. The first-order valence-corrected chi connectivity index (χ1v) is 9.41. The summed E-state index contributed by atoms with van der Waals surface area (Å²) in [6, 6.07) is 20.3. The number of aromatic nitrogens is 2. The highest BCUT2D eigenvalue weighted by atomic mass is 16.6. The summed E-state index contributed by atoms with van der Waals surface area (Å²) in [7, 11) is 0. The molecule has 1 amide bonds. The molecule has 154 valence electrons. The van der Waals surface area contributed by atoms with E-state index < -0.39 is 10.8 Å². The van der Waals surface area contributed by atoms with Gasteiger partial charge in [0.1, 0.15) is 6.33 Å². The standard InChI is InChI=1S/C22H18N6O3/c1-14-7-2-4-10-16(14)22(29)27-26-21-19(28(30)31)20(23-13-24-21)25-18-12-6-9-15-8-3-5-11-17(15)18/h2-13H,1H3,(H,27,29)(H2,23,24,25,26). The Morgan fingerprint density at radius 2 is 1.65 bits per heavy atom. The summed E-state index contributed by atoms with van der Waals surface area (Å²) in [4.78, 5) is 31.6. The molecule has 31 heavy (non-hydrogen) atoms. The molecule has 0 bridgehead atoms. The monoisotopic (exact) mass is 414 g/mol. The smallest absolute Gasteiger partial charge is 0.334 e. The molecule has 0 unspecified atom stereocenters. The second-order valence-corrected chi connectivity index (χ2v) is 6.72. The van der Waals surface area contributed by atoms with Crippen LogP contribution < -0.4 is 16.2 Å². The van der Waals surface area contributed by atoms with E-state index >= 15 is 0 Å². The van der Waals surface area contributed by atoms with Crippen LogP contribution in [0.2, 0.25) is 0 Å². The average molecular weight is 414 g/mol. The molecule has 0 saturated heterocycles. The molecule has 0 saturated carbocycles. The van der Waals surface area contributed by atoms with Gasteiger partial charge in [-0.15, -0.1) is 0 Å². The minimum absolute atomic E-state index is 0.00370. The van der Waals surface area contributed by atoms with Gasteiger partial charge in [-0.25, -0.2) is 9.97 Å². The number of benzene rings is 3. The SMILES string of the molecule is Cc1ccccc1C(=O)NNc1ncnc(Nc2cccc3ccccc23)c1[N+](=O)[O-]. The zero-order chi connectivity index (χ0) is 21.8. The summed E-state index contributed by atoms with van der Waals surface area (Å²) in [5.41, 5.74) is 6.51. The van der Waals surface area contributed by atoms with Crippen molar-refractivity contribution in [1.82, 2.24) is 15.4 Å². The van der Waals surface area contributed by atoms with Crippen LogP contribution in [-0.4, -0.2) is 20.8 Å². The van der Waals surface area contributed by atoms with Crippen molar-refractivity contribution in [3.8, 4) is 0 Å². The highest BCUT2D eigenvalue weighted by Gasteiger charge is 2.24. The van der Waals surface area contributed by atoms with Crippen LogP contribution in [0.1, 0.15) is 15.9 Å². The summed E-state index contributed by atoms with van der Waals surface area (Å²) >= 11 is 0. The van der Waals surface area contributed by atoms with E-state index in [0.29, 0.717) is 11.3 Å². The number of anilines is 3. The quantitative estimate of drug-likeness (QED) is 0.317. The molecule has 3 aromatic carbocycles. The van der Waals surface area contributed by atoms with Gasteiger partial charge in [0.2, 0.25) is 11.6 Å². The van der Waals surface area contributed by atoms with E-state index in [-0.39, 0.29) is 17.3 Å². The number of hydrogen-bond donors (Lipinski definition) is 3. The van der Waals surface area contributed by atoms with Crippen LogP contribution in [0.15, 0.2) is 73.1 Å². The van der Waals surface area contributed by atoms with Crippen LogP contribution in [0.25, 0.3) is 10.8 Å². The van der Waals surface area contributed by atoms with Crippen molar-refractivity contribution in [2.75, 3.05) is 10.7 Å². The lowest BCUT2D eigenvalue weighted by Crippen LogP contribution is -2.30. The molecule has 4 aromatic rings. The predicted octanol–water partition coefficient (Wildman–Crippen LogP) is 4.35. The Hall–Kier alpha value is -4.53. The Morgan fingerprint density at radius 1 is 0.935 bits per heavy atom. The van der Waals surface area contributed by atoms with Gasteiger partial charge in [0.15, 0.2) is 0 Å². The van der Waals surface area contributed by atoms with E-state index in [1.165, 1.54) is 6.33 Å². The second-order valence-electron chi connectivity index (χ2n) is 6.72. The summed E-state index contributed by atoms with van der Waals surface area (Å²) in [5, 5.41) is 16.7. The van der Waals surface area contributed by atoms with Crippen molar-refractivity contribution in [1.29, 1.82) is 0 Å². The van der Waals surface area contributed by atoms with Gasteiger partial charge in [-0.2, -0.15) is 0 Å². The first kappa shape index (κ1) is 19.8. The molecular formula is C22H18N6O3. The van der Waals surface area contributed by atoms with E-state index in [2.05, 4.69) is 26.1 Å². The minimum atomic E-state index is -0.601. The molecule has 0 radical (unpaired) electrons. The molecule has 0 spiro atoms. The van der Waals surface area contributed by atoms with Crippen molar-refractivity contribution in [2.24, 2.45) is 0 Å². The number of hydrogen-bond acceptors (Lipinski definition) is 7. The summed E-state index contributed by atoms with van der Waals surface area (Å²) in [6.07, 6.45) is 1.18. The van der Waals surface area contributed by atoms with E-state index in [9.17, 15) is 14.9 Å². The molecular weight excluding hydrogens is 396 g/mol. The topological polar surface area (TPSA) is 122 Å². The molecule has 4 rings (SSSR count). The van der Waals surface area contributed by atoms with Gasteiger partial charge in [0.25, 0.3) is 5.91 Å². The average Bonchev–Trinajstić information content (AvgIpc) is 2.78. The largest absolute Gasteiger partial charge is 0.355 e.